The number of primary amides is 1. The van der Waals surface area contributed by atoms with Crippen molar-refractivity contribution in [1.82, 2.24) is 87.6 Å². The number of para-hydroxylation sites is 2. The number of aromatic amines is 2. The van der Waals surface area contributed by atoms with Gasteiger partial charge in [0.15, 0.2) is 0 Å². The van der Waals surface area contributed by atoms with Gasteiger partial charge < -0.3 is 130 Å². The molecule has 2 bridgehead atoms. The third-order valence-electron chi connectivity index (χ3n) is 23.6. The first-order chi connectivity index (χ1) is 62.9. The summed E-state index contributed by atoms with van der Waals surface area (Å²) >= 11 is 0.682. The highest BCUT2D eigenvalue weighted by molar-refractivity contribution is 8.00. The van der Waals surface area contributed by atoms with Gasteiger partial charge >= 0.3 is 17.9 Å². The predicted octanol–water partition coefficient (Wildman–Crippen LogP) is -4.00. The van der Waals surface area contributed by atoms with Crippen molar-refractivity contribution in [2.75, 3.05) is 65.4 Å². The molecule has 6 heterocycles. The standard InChI is InChI=1S/C87H115N19O25S/c1-46-74(118)97-61(37-73(116)117)86(130)105-32-16-23-66(105)81(125)99-62(38-88)78(122)95-57(29-31-72(114)115)85(129)106-42-51(109)36-68(106)82(126)96-58(34-48-39-90-54-19-14-12-17-52(48)54)77(121)100-63(43-107)79(123)98-60(35-49-40-91-55-20-15-13-18-53(49)55)84(128)104(4)67-22-11-9-7-5-6-8-10-21-65(103(3)87(67)131)80(124)94-56(28-30-71(112)113)76(120)101-64(75(119)92-41-69(89)110)44-132-45-70(111)93-59(83(127)102(46)2)33-47-24-26-50(108)27-25-47/h5,7,12-15,17-20,24-27,39-40,46,51,56-68,90-91,107-109H,6,8-11,16,21-23,28-38,41-45,88H2,1-4H3,(H2,89,110)(H,92,119)(H,93,111)(H,94,124)(H,95,122)(H,96,126)(H,97,118)(H,98,123)(H,99,125)(H,100,121)(H,101,120)(H,112,113)(H,114,115)(H,116,117)/b7-5-/t46-,51+,56-,57-,58-,59-,60-,61-,62-,63-,64-,65-,66-,67-,68-/m0/s1. The highest BCUT2D eigenvalue weighted by Gasteiger charge is 2.47. The Labute approximate surface area is 761 Å². The average molecular weight is 1860 g/mol. The number of phenols is 1. The summed E-state index contributed by atoms with van der Waals surface area (Å²) in [5.41, 5.74) is 13.9. The lowest BCUT2D eigenvalue weighted by Gasteiger charge is -2.36. The molecule has 0 spiro atoms. The van der Waals surface area contributed by atoms with E-state index in [2.05, 4.69) is 63.1 Å². The molecule has 0 aliphatic carbocycles. The molecule has 5 aromatic rings. The van der Waals surface area contributed by atoms with Crippen LogP contribution in [0.2, 0.25) is 0 Å². The van der Waals surface area contributed by atoms with Gasteiger partial charge in [-0.1, -0.05) is 67.1 Å². The maximum atomic E-state index is 15.7. The second-order valence-corrected chi connectivity index (χ2v) is 34.0. The van der Waals surface area contributed by atoms with E-state index >= 15 is 33.6 Å². The van der Waals surface area contributed by atoms with Gasteiger partial charge in [-0.3, -0.25) is 91.1 Å². The SMILES string of the molecule is C[C@H]1C(=O)N[C@@H](CC(=O)O)C(=O)N2CCC[C@H]2C(=O)N[C@@H](CN)C(=O)N[C@@H](CCC(=O)O)C(=O)N2C[C@H](O)C[C@H]2C(=O)N[C@@H](Cc2c[nH]c3ccccc23)C(=O)N[C@@H](CO)C(=O)N[C@@H](Cc2c[nH]c3ccccc23)C(=O)N(C)[C@H]2CCC/C=C\CCCC[C@@H](C(=O)N[C@@H](CCC(=O)O)C(=O)N[C@H](C(=O)NCC(N)=O)CSCC(=O)N[C@@H](Cc3ccc(O)cc3)C(=O)N1C)N(C)C2=O. The summed E-state index contributed by atoms with van der Waals surface area (Å²) < 4.78 is 0. The van der Waals surface area contributed by atoms with Gasteiger partial charge in [-0.15, -0.1) is 11.8 Å². The van der Waals surface area contributed by atoms with Crippen LogP contribution in [0.4, 0.5) is 0 Å². The molecule has 44 nitrogen and oxygen atoms in total. The number of hydrogen-bond donors (Lipinski definition) is 20. The molecule has 3 saturated heterocycles. The number of amides is 16. The molecule has 16 amide bonds. The van der Waals surface area contributed by atoms with E-state index in [1.165, 1.54) is 51.5 Å². The van der Waals surface area contributed by atoms with Crippen LogP contribution in [-0.2, 0) is 110 Å². The number of fused-ring (bicyclic) bond motifs is 7. The zero-order valence-electron chi connectivity index (χ0n) is 73.3. The van der Waals surface area contributed by atoms with E-state index in [1.807, 2.05) is 12.2 Å². The number of aromatic hydroxyl groups is 1. The van der Waals surface area contributed by atoms with Crippen molar-refractivity contribution in [3.63, 3.8) is 0 Å². The molecule has 3 aromatic carbocycles. The van der Waals surface area contributed by atoms with Gasteiger partial charge in [0.05, 0.1) is 31.4 Å². The van der Waals surface area contributed by atoms with Crippen molar-refractivity contribution in [2.24, 2.45) is 11.5 Å². The van der Waals surface area contributed by atoms with Crippen LogP contribution in [0.5, 0.6) is 5.75 Å². The fourth-order valence-electron chi connectivity index (χ4n) is 16.2. The normalized spacial score (nSPS) is 26.1. The first kappa shape index (κ1) is 102. The Morgan fingerprint density at radius 3 is 1.61 bits per heavy atom. The third kappa shape index (κ3) is 28.0. The number of hydrogen-bond acceptors (Lipinski definition) is 24. The van der Waals surface area contributed by atoms with Gasteiger partial charge in [-0.05, 0) is 112 Å². The zero-order valence-corrected chi connectivity index (χ0v) is 74.1. The molecule has 3 fully saturated rings. The largest absolute Gasteiger partial charge is 0.508 e. The van der Waals surface area contributed by atoms with Crippen LogP contribution in [-0.4, -0.2) is 334 Å². The second kappa shape index (κ2) is 48.4. The van der Waals surface area contributed by atoms with Crippen LogP contribution in [0.25, 0.3) is 21.8 Å². The number of nitrogens with zero attached hydrogens (tertiary/aromatic N) is 5. The number of thioether (sulfide) groups is 1. The number of H-pyrrole nitrogens is 2. The average Bonchev–Trinajstić information content (AvgIpc) is 1.57. The molecule has 9 rings (SSSR count). The fraction of sp³-hybridized carbons (Fsp3) is 0.506. The summed E-state index contributed by atoms with van der Waals surface area (Å²) in [5.74, 6) is -22.8. The molecular weight excluding hydrogens is 1740 g/mol. The zero-order chi connectivity index (χ0) is 96.3. The van der Waals surface area contributed by atoms with Gasteiger partial charge in [0.25, 0.3) is 0 Å². The molecule has 0 radical (unpaired) electrons. The van der Waals surface area contributed by atoms with Crippen molar-refractivity contribution < 1.29 is 122 Å². The number of nitrogens with one attached hydrogen (secondary N) is 12. The van der Waals surface area contributed by atoms with E-state index in [4.69, 9.17) is 11.5 Å². The number of nitrogens with two attached hydrogens (primary N) is 2. The number of carboxylic acids is 3. The smallest absolute Gasteiger partial charge is 0.305 e. The minimum atomic E-state index is -1.96. The van der Waals surface area contributed by atoms with E-state index in [9.17, 15) is 88.2 Å². The number of rotatable bonds is 19. The van der Waals surface area contributed by atoms with Crippen molar-refractivity contribution >= 4 is 146 Å². The Kier molecular flexibility index (Phi) is 37.4. The maximum Gasteiger partial charge on any atom is 0.305 e. The fourth-order valence-corrected chi connectivity index (χ4v) is 17.1. The van der Waals surface area contributed by atoms with E-state index in [0.29, 0.717) is 69.5 Å². The van der Waals surface area contributed by atoms with Gasteiger partial charge in [-0.2, -0.15) is 0 Å². The summed E-state index contributed by atoms with van der Waals surface area (Å²) in [7, 11) is 3.71. The first-order valence-electron chi connectivity index (χ1n) is 43.3. The molecule has 714 valence electrons. The summed E-state index contributed by atoms with van der Waals surface area (Å²) in [6, 6.07) is -4.72. The molecule has 2 aromatic heterocycles. The van der Waals surface area contributed by atoms with Crippen LogP contribution in [0, 0.1) is 0 Å². The van der Waals surface area contributed by atoms with Gasteiger partial charge in [0, 0.05) is 119 Å². The molecule has 45 heteroatoms. The van der Waals surface area contributed by atoms with E-state index in [0.717, 1.165) is 31.5 Å². The van der Waals surface area contributed by atoms with Crippen LogP contribution < -0.4 is 64.6 Å². The van der Waals surface area contributed by atoms with Crippen LogP contribution in [0.15, 0.2) is 97.3 Å². The van der Waals surface area contributed by atoms with Crippen molar-refractivity contribution in [1.29, 1.82) is 0 Å². The minimum Gasteiger partial charge on any atom is -0.508 e. The topological polar surface area (TPSA) is 666 Å². The number of allylic oxidation sites excluding steroid dienone is 2. The number of aliphatic hydroxyl groups excluding tert-OH is 2. The van der Waals surface area contributed by atoms with E-state index in [-0.39, 0.29) is 70.1 Å². The lowest BCUT2D eigenvalue weighted by molar-refractivity contribution is -0.149. The Morgan fingerprint density at radius 2 is 0.992 bits per heavy atom. The minimum absolute atomic E-state index is 0.0818. The predicted molar refractivity (Wildman–Crippen MR) is 473 cm³/mol. The lowest BCUT2D eigenvalue weighted by atomic mass is 10.00. The Bertz CT molecular complexity index is 5100. The third-order valence-corrected chi connectivity index (χ3v) is 24.6. The van der Waals surface area contributed by atoms with Crippen molar-refractivity contribution in [3.8, 4) is 5.75 Å². The Hall–Kier alpha value is -13.6. The van der Waals surface area contributed by atoms with Crippen LogP contribution in [0.1, 0.15) is 120 Å². The molecule has 22 N–H and O–H groups in total. The number of carbonyl (C=O) groups excluding carboxylic acids is 16. The first-order valence-corrected chi connectivity index (χ1v) is 44.5. The number of likely N-dealkylation sites (N-methyl/N-ethyl adjacent to an activating group) is 3. The number of aromatic nitrogens is 2. The summed E-state index contributed by atoms with van der Waals surface area (Å²) in [6.07, 6.45) is 1.53. The second-order valence-electron chi connectivity index (χ2n) is 33.0. The summed E-state index contributed by atoms with van der Waals surface area (Å²) in [4.78, 5) is 283. The molecule has 4 aliphatic rings. The van der Waals surface area contributed by atoms with Crippen LogP contribution in [0.3, 0.4) is 0 Å². The number of benzene rings is 3. The molecule has 0 unspecified atom stereocenters. The molecule has 4 aliphatic heterocycles. The summed E-state index contributed by atoms with van der Waals surface area (Å²) in [5, 5.41) is 88.8. The van der Waals surface area contributed by atoms with Crippen molar-refractivity contribution in [3.05, 3.63) is 114 Å². The van der Waals surface area contributed by atoms with Gasteiger partial charge in [0.2, 0.25) is 94.5 Å². The number of carbonyl (C=O) groups is 19. The molecule has 132 heavy (non-hydrogen) atoms. The number of aliphatic carboxylic acids is 3. The van der Waals surface area contributed by atoms with Crippen LogP contribution >= 0.6 is 11.8 Å². The monoisotopic (exact) mass is 1860 g/mol. The number of carboxylic acid groups (broad SMARTS) is 3. The molecule has 0 saturated carbocycles. The molecule has 15 atom stereocenters. The summed E-state index contributed by atoms with van der Waals surface area (Å²) in [6.45, 7) is -2.32. The quantitative estimate of drug-likeness (QED) is 0.0350. The van der Waals surface area contributed by atoms with Gasteiger partial charge in [-0.25, -0.2) is 0 Å². The Morgan fingerprint density at radius 1 is 0.492 bits per heavy atom. The number of phenolic OH excluding ortho intramolecular Hbond substituents is 1. The van der Waals surface area contributed by atoms with E-state index < -0.39 is 279 Å². The Balaban J connectivity index is 1.09. The van der Waals surface area contributed by atoms with Gasteiger partial charge in [0.1, 0.15) is 90.3 Å². The highest BCUT2D eigenvalue weighted by atomic mass is 32.2. The number of aliphatic hydroxyl groups is 2. The molecular formula is C87H115N19O25S. The maximum absolute atomic E-state index is 15.7. The van der Waals surface area contributed by atoms with E-state index in [1.54, 1.807) is 54.7 Å². The highest BCUT2D eigenvalue weighted by Crippen LogP contribution is 2.28. The van der Waals surface area contributed by atoms with Crippen molar-refractivity contribution in [2.45, 2.75) is 213 Å². The lowest BCUT2D eigenvalue weighted by Crippen LogP contribution is -2.62.